The number of unbranched alkanes of at least 4 members (excludes halogenated alkanes) is 2. The van der Waals surface area contributed by atoms with E-state index in [0.29, 0.717) is 6.61 Å². The number of ether oxygens (including phenoxy) is 1. The molecule has 0 aliphatic rings. The lowest BCUT2D eigenvalue weighted by Gasteiger charge is -2.12. The number of rotatable bonds is 9. The van der Waals surface area contributed by atoms with Gasteiger partial charge in [-0.05, 0) is 31.5 Å². The smallest absolute Gasteiger partial charge is 0.124 e. The number of nitrogens with one attached hydrogen (secondary N) is 1. The van der Waals surface area contributed by atoms with E-state index < -0.39 is 0 Å². The van der Waals surface area contributed by atoms with Gasteiger partial charge in [0, 0.05) is 12.1 Å². The van der Waals surface area contributed by atoms with Crippen LogP contribution < -0.4 is 10.1 Å². The molecule has 0 atom stereocenters. The van der Waals surface area contributed by atoms with Crippen LogP contribution in [-0.2, 0) is 13.2 Å². The first kappa shape index (κ1) is 16.6. The molecule has 2 aromatic rings. The van der Waals surface area contributed by atoms with Gasteiger partial charge in [-0.3, -0.25) is 0 Å². The summed E-state index contributed by atoms with van der Waals surface area (Å²) in [5.74, 6) is 0.979. The average Bonchev–Trinajstić information content (AvgIpc) is 2.54. The van der Waals surface area contributed by atoms with Gasteiger partial charge in [0.15, 0.2) is 0 Å². The fourth-order valence-corrected chi connectivity index (χ4v) is 2.48. The maximum Gasteiger partial charge on any atom is 0.124 e. The second-order valence-electron chi connectivity index (χ2n) is 5.77. The highest BCUT2D eigenvalue weighted by atomic mass is 16.5. The summed E-state index contributed by atoms with van der Waals surface area (Å²) in [6, 6.07) is 16.8. The van der Waals surface area contributed by atoms with E-state index in [1.165, 1.54) is 36.0 Å². The Morgan fingerprint density at radius 1 is 1.00 bits per heavy atom. The first-order chi connectivity index (χ1) is 10.8. The molecule has 0 aliphatic heterocycles. The second-order valence-corrected chi connectivity index (χ2v) is 5.77. The van der Waals surface area contributed by atoms with Gasteiger partial charge >= 0.3 is 0 Å². The van der Waals surface area contributed by atoms with Crippen LogP contribution in [0, 0.1) is 6.92 Å². The van der Waals surface area contributed by atoms with Gasteiger partial charge in [0.1, 0.15) is 12.4 Å². The molecule has 0 aromatic heterocycles. The van der Waals surface area contributed by atoms with Crippen molar-refractivity contribution in [3.8, 4) is 5.75 Å². The summed E-state index contributed by atoms with van der Waals surface area (Å²) in [5.41, 5.74) is 3.71. The largest absolute Gasteiger partial charge is 0.489 e. The molecule has 0 heterocycles. The fraction of sp³-hybridized carbons (Fsp3) is 0.400. The lowest BCUT2D eigenvalue weighted by molar-refractivity contribution is 0.302. The van der Waals surface area contributed by atoms with Gasteiger partial charge in [-0.2, -0.15) is 0 Å². The number of para-hydroxylation sites is 1. The fourth-order valence-electron chi connectivity index (χ4n) is 2.48. The third kappa shape index (κ3) is 5.53. The molecule has 22 heavy (non-hydrogen) atoms. The van der Waals surface area contributed by atoms with Gasteiger partial charge in [0.2, 0.25) is 0 Å². The summed E-state index contributed by atoms with van der Waals surface area (Å²) in [5, 5.41) is 3.50. The molecule has 0 unspecified atom stereocenters. The number of hydrogen-bond donors (Lipinski definition) is 1. The molecule has 1 N–H and O–H groups in total. The molecular weight excluding hydrogens is 270 g/mol. The van der Waals surface area contributed by atoms with Crippen molar-refractivity contribution in [2.45, 2.75) is 46.3 Å². The molecule has 2 rings (SSSR count). The van der Waals surface area contributed by atoms with Crippen molar-refractivity contribution in [3.05, 3.63) is 65.2 Å². The molecule has 0 spiro atoms. The zero-order chi connectivity index (χ0) is 15.6. The molecule has 118 valence electrons. The lowest BCUT2D eigenvalue weighted by Crippen LogP contribution is -2.15. The highest BCUT2D eigenvalue weighted by molar-refractivity contribution is 5.33. The van der Waals surface area contributed by atoms with Crippen LogP contribution in [0.15, 0.2) is 48.5 Å². The van der Waals surface area contributed by atoms with E-state index in [0.717, 1.165) is 18.8 Å². The average molecular weight is 297 g/mol. The Morgan fingerprint density at radius 2 is 1.86 bits per heavy atom. The minimum absolute atomic E-state index is 0.620. The third-order valence-electron chi connectivity index (χ3n) is 3.72. The first-order valence-electron chi connectivity index (χ1n) is 8.26. The van der Waals surface area contributed by atoms with E-state index in [1.54, 1.807) is 0 Å². The third-order valence-corrected chi connectivity index (χ3v) is 3.72. The minimum Gasteiger partial charge on any atom is -0.489 e. The molecular formula is C20H27NO. The van der Waals surface area contributed by atoms with Crippen molar-refractivity contribution in [1.29, 1.82) is 0 Å². The predicted molar refractivity (Wildman–Crippen MR) is 93.2 cm³/mol. The molecule has 0 amide bonds. The van der Waals surface area contributed by atoms with Crippen molar-refractivity contribution in [3.63, 3.8) is 0 Å². The SMILES string of the molecule is CCCCCNCc1ccccc1OCc1cccc(C)c1. The Labute approximate surface area is 134 Å². The molecule has 2 nitrogen and oxygen atoms in total. The van der Waals surface area contributed by atoms with Crippen LogP contribution in [0.5, 0.6) is 5.75 Å². The Morgan fingerprint density at radius 3 is 2.68 bits per heavy atom. The first-order valence-corrected chi connectivity index (χ1v) is 8.26. The number of aryl methyl sites for hydroxylation is 1. The molecule has 0 fully saturated rings. The Hall–Kier alpha value is -1.80. The quantitative estimate of drug-likeness (QED) is 0.668. The Bertz CT molecular complexity index is 565. The molecule has 0 saturated carbocycles. The maximum atomic E-state index is 6.02. The molecule has 0 saturated heterocycles. The van der Waals surface area contributed by atoms with Crippen LogP contribution in [0.25, 0.3) is 0 Å². The van der Waals surface area contributed by atoms with Gasteiger partial charge in [0.25, 0.3) is 0 Å². The van der Waals surface area contributed by atoms with Crippen LogP contribution >= 0.6 is 0 Å². The minimum atomic E-state index is 0.620. The van der Waals surface area contributed by atoms with E-state index in [1.807, 2.05) is 6.07 Å². The molecule has 0 radical (unpaired) electrons. The highest BCUT2D eigenvalue weighted by Crippen LogP contribution is 2.19. The standard InChI is InChI=1S/C20H27NO/c1-3-4-7-13-21-15-19-11-5-6-12-20(19)22-16-18-10-8-9-17(2)14-18/h5-6,8-12,14,21H,3-4,7,13,15-16H2,1-2H3. The Balaban J connectivity index is 1.87. The number of benzene rings is 2. The van der Waals surface area contributed by atoms with Crippen LogP contribution in [0.1, 0.15) is 42.9 Å². The van der Waals surface area contributed by atoms with Gasteiger partial charge in [-0.15, -0.1) is 0 Å². The van der Waals surface area contributed by atoms with Crippen LogP contribution in [0.4, 0.5) is 0 Å². The van der Waals surface area contributed by atoms with Crippen molar-refractivity contribution < 1.29 is 4.74 Å². The van der Waals surface area contributed by atoms with Gasteiger partial charge in [-0.25, -0.2) is 0 Å². The summed E-state index contributed by atoms with van der Waals surface area (Å²) in [6.07, 6.45) is 3.79. The van der Waals surface area contributed by atoms with Crippen LogP contribution in [0.2, 0.25) is 0 Å². The maximum absolute atomic E-state index is 6.02. The summed E-state index contributed by atoms with van der Waals surface area (Å²) in [4.78, 5) is 0. The summed E-state index contributed by atoms with van der Waals surface area (Å²) >= 11 is 0. The zero-order valence-electron chi connectivity index (χ0n) is 13.8. The summed E-state index contributed by atoms with van der Waals surface area (Å²) in [7, 11) is 0. The monoisotopic (exact) mass is 297 g/mol. The zero-order valence-corrected chi connectivity index (χ0v) is 13.8. The van der Waals surface area contributed by atoms with Crippen molar-refractivity contribution in [2.75, 3.05) is 6.54 Å². The van der Waals surface area contributed by atoms with Gasteiger partial charge in [-0.1, -0.05) is 67.8 Å². The van der Waals surface area contributed by atoms with Crippen LogP contribution in [0.3, 0.4) is 0 Å². The van der Waals surface area contributed by atoms with E-state index in [9.17, 15) is 0 Å². The van der Waals surface area contributed by atoms with Crippen LogP contribution in [-0.4, -0.2) is 6.54 Å². The molecule has 0 aliphatic carbocycles. The summed E-state index contributed by atoms with van der Waals surface area (Å²) < 4.78 is 6.02. The van der Waals surface area contributed by atoms with E-state index in [4.69, 9.17) is 4.74 Å². The van der Waals surface area contributed by atoms with Crippen molar-refractivity contribution in [2.24, 2.45) is 0 Å². The van der Waals surface area contributed by atoms with Gasteiger partial charge in [0.05, 0.1) is 0 Å². The predicted octanol–water partition coefficient (Wildman–Crippen LogP) is 4.85. The molecule has 2 heteroatoms. The Kier molecular flexibility index (Phi) is 6.98. The summed E-state index contributed by atoms with van der Waals surface area (Å²) in [6.45, 7) is 6.90. The molecule has 2 aromatic carbocycles. The van der Waals surface area contributed by atoms with E-state index in [-0.39, 0.29) is 0 Å². The topological polar surface area (TPSA) is 21.3 Å². The lowest BCUT2D eigenvalue weighted by atomic mass is 10.1. The highest BCUT2D eigenvalue weighted by Gasteiger charge is 2.03. The van der Waals surface area contributed by atoms with E-state index >= 15 is 0 Å². The van der Waals surface area contributed by atoms with E-state index in [2.05, 4.69) is 61.6 Å². The molecule has 0 bridgehead atoms. The normalized spacial score (nSPS) is 10.6. The van der Waals surface area contributed by atoms with Gasteiger partial charge < -0.3 is 10.1 Å². The number of hydrogen-bond acceptors (Lipinski definition) is 2. The second kappa shape index (κ2) is 9.26. The van der Waals surface area contributed by atoms with Crippen molar-refractivity contribution in [1.82, 2.24) is 5.32 Å². The van der Waals surface area contributed by atoms with Crippen molar-refractivity contribution >= 4 is 0 Å².